The van der Waals surface area contributed by atoms with Gasteiger partial charge < -0.3 is 5.32 Å². The zero-order valence-corrected chi connectivity index (χ0v) is 4.48. The molecule has 0 radical (unpaired) electrons. The summed E-state index contributed by atoms with van der Waals surface area (Å²) in [7, 11) is 0. The average molecular weight is 109 g/mol. The highest BCUT2D eigenvalue weighted by molar-refractivity contribution is 5.91. The summed E-state index contributed by atoms with van der Waals surface area (Å²) in [6.07, 6.45) is 3.23. The van der Waals surface area contributed by atoms with E-state index in [2.05, 4.69) is 11.9 Å². The van der Waals surface area contributed by atoms with Crippen LogP contribution in [0.25, 0.3) is 0 Å². The predicted molar refractivity (Wildman–Crippen MR) is 31.3 cm³/mol. The average Bonchev–Trinajstić information content (AvgIpc) is 2.14. The van der Waals surface area contributed by atoms with Crippen molar-refractivity contribution >= 4 is 5.91 Å². The maximum Gasteiger partial charge on any atom is 0.244 e. The van der Waals surface area contributed by atoms with Gasteiger partial charge in [-0.25, -0.2) is 0 Å². The van der Waals surface area contributed by atoms with E-state index in [0.29, 0.717) is 6.54 Å². The minimum absolute atomic E-state index is 0.0140. The van der Waals surface area contributed by atoms with Gasteiger partial charge in [0.05, 0.1) is 0 Å². The maximum atomic E-state index is 10.4. The van der Waals surface area contributed by atoms with Gasteiger partial charge in [-0.15, -0.1) is 0 Å². The molecule has 1 aliphatic heterocycles. The number of carbonyl (C=O) groups excluding carboxylic acids is 1. The fourth-order valence-corrected chi connectivity index (χ4v) is 0.591. The van der Waals surface area contributed by atoms with E-state index in [4.69, 9.17) is 0 Å². The van der Waals surface area contributed by atoms with Crippen molar-refractivity contribution in [3.8, 4) is 0 Å². The van der Waals surface area contributed by atoms with Gasteiger partial charge in [-0.2, -0.15) is 0 Å². The Hall–Kier alpha value is -1.05. The molecule has 42 valence electrons. The van der Waals surface area contributed by atoms with Crippen molar-refractivity contribution in [2.45, 2.75) is 0 Å². The van der Waals surface area contributed by atoms with E-state index in [1.165, 1.54) is 0 Å². The fraction of sp³-hybridized carbons (Fsp3) is 0.167. The molecule has 1 aliphatic rings. The lowest BCUT2D eigenvalue weighted by atomic mass is 10.3. The van der Waals surface area contributed by atoms with Gasteiger partial charge in [-0.1, -0.05) is 12.7 Å². The summed E-state index contributed by atoms with van der Waals surface area (Å²) in [6.45, 7) is 4.16. The van der Waals surface area contributed by atoms with Crippen LogP contribution in [0.4, 0.5) is 0 Å². The first-order valence-corrected chi connectivity index (χ1v) is 2.44. The second-order valence-electron chi connectivity index (χ2n) is 1.64. The quantitative estimate of drug-likeness (QED) is 0.513. The van der Waals surface area contributed by atoms with E-state index in [1.807, 2.05) is 0 Å². The van der Waals surface area contributed by atoms with E-state index in [1.54, 1.807) is 12.2 Å². The van der Waals surface area contributed by atoms with E-state index in [0.717, 1.165) is 5.57 Å². The highest BCUT2D eigenvalue weighted by atomic mass is 16.1. The minimum Gasteiger partial charge on any atom is -0.348 e. The Kier molecular flexibility index (Phi) is 1.16. The molecule has 0 saturated carbocycles. The normalized spacial score (nSPS) is 17.5. The van der Waals surface area contributed by atoms with Crippen molar-refractivity contribution in [3.63, 3.8) is 0 Å². The Labute approximate surface area is 47.9 Å². The highest BCUT2D eigenvalue weighted by Gasteiger charge is 2.05. The fourth-order valence-electron chi connectivity index (χ4n) is 0.591. The topological polar surface area (TPSA) is 29.1 Å². The number of rotatable bonds is 1. The predicted octanol–water partition coefficient (Wildman–Crippen LogP) is 0.229. The molecular formula is C6H7NO. The van der Waals surface area contributed by atoms with Gasteiger partial charge in [0.25, 0.3) is 0 Å². The van der Waals surface area contributed by atoms with Crippen LogP contribution in [0.3, 0.4) is 0 Å². The summed E-state index contributed by atoms with van der Waals surface area (Å²) in [5.74, 6) is -0.0140. The molecule has 0 fully saturated rings. The van der Waals surface area contributed by atoms with Gasteiger partial charge in [0.2, 0.25) is 5.91 Å². The number of nitrogens with one attached hydrogen (secondary N) is 1. The van der Waals surface area contributed by atoms with E-state index in [9.17, 15) is 4.79 Å². The Balaban J connectivity index is 2.70. The van der Waals surface area contributed by atoms with E-state index >= 15 is 0 Å². The monoisotopic (exact) mass is 109 g/mol. The molecular weight excluding hydrogens is 102 g/mol. The van der Waals surface area contributed by atoms with Crippen LogP contribution in [-0.2, 0) is 4.79 Å². The molecule has 1 N–H and O–H groups in total. The van der Waals surface area contributed by atoms with Gasteiger partial charge in [0.15, 0.2) is 0 Å². The Morgan fingerprint density at radius 1 is 1.88 bits per heavy atom. The van der Waals surface area contributed by atoms with Gasteiger partial charge in [0, 0.05) is 12.6 Å². The van der Waals surface area contributed by atoms with Crippen molar-refractivity contribution in [2.75, 3.05) is 6.54 Å². The number of hydrogen-bond donors (Lipinski definition) is 1. The Bertz CT molecular complexity index is 158. The lowest BCUT2D eigenvalue weighted by Crippen LogP contribution is -2.14. The van der Waals surface area contributed by atoms with Crippen LogP contribution in [0.1, 0.15) is 0 Å². The summed E-state index contributed by atoms with van der Waals surface area (Å²) < 4.78 is 0. The molecule has 0 spiro atoms. The largest absolute Gasteiger partial charge is 0.348 e. The van der Waals surface area contributed by atoms with Crippen molar-refractivity contribution in [1.82, 2.24) is 5.32 Å². The molecule has 0 aromatic rings. The molecule has 0 saturated heterocycles. The summed E-state index contributed by atoms with van der Waals surface area (Å²) in [5, 5.41) is 2.62. The van der Waals surface area contributed by atoms with Crippen LogP contribution in [-0.4, -0.2) is 12.5 Å². The zero-order valence-electron chi connectivity index (χ0n) is 4.48. The zero-order chi connectivity index (χ0) is 5.98. The van der Waals surface area contributed by atoms with Crippen molar-refractivity contribution < 1.29 is 4.79 Å². The SMILES string of the molecule is C=CC1=CC(=O)NC1. The second-order valence-corrected chi connectivity index (χ2v) is 1.64. The lowest BCUT2D eigenvalue weighted by molar-refractivity contribution is -0.115. The molecule has 1 rings (SSSR count). The first-order chi connectivity index (χ1) is 3.83. The first-order valence-electron chi connectivity index (χ1n) is 2.44. The molecule has 1 amide bonds. The molecule has 0 bridgehead atoms. The van der Waals surface area contributed by atoms with Crippen LogP contribution in [0.15, 0.2) is 24.3 Å². The Morgan fingerprint density at radius 3 is 2.88 bits per heavy atom. The van der Waals surface area contributed by atoms with Crippen LogP contribution < -0.4 is 5.32 Å². The molecule has 1 heterocycles. The standard InChI is InChI=1S/C6H7NO/c1-2-5-3-6(8)7-4-5/h2-3H,1,4H2,(H,7,8). The van der Waals surface area contributed by atoms with Gasteiger partial charge in [-0.05, 0) is 5.57 Å². The number of hydrogen-bond acceptors (Lipinski definition) is 1. The molecule has 2 heteroatoms. The van der Waals surface area contributed by atoms with Crippen molar-refractivity contribution in [2.24, 2.45) is 0 Å². The van der Waals surface area contributed by atoms with Gasteiger partial charge in [-0.3, -0.25) is 4.79 Å². The van der Waals surface area contributed by atoms with E-state index < -0.39 is 0 Å². The summed E-state index contributed by atoms with van der Waals surface area (Å²) in [4.78, 5) is 10.4. The van der Waals surface area contributed by atoms with Crippen LogP contribution in [0.5, 0.6) is 0 Å². The summed E-state index contributed by atoms with van der Waals surface area (Å²) in [5.41, 5.74) is 0.968. The third-order valence-corrected chi connectivity index (χ3v) is 1.05. The van der Waals surface area contributed by atoms with Crippen LogP contribution in [0.2, 0.25) is 0 Å². The van der Waals surface area contributed by atoms with Crippen LogP contribution in [0, 0.1) is 0 Å². The number of amides is 1. The molecule has 0 unspecified atom stereocenters. The molecule has 0 aromatic carbocycles. The molecule has 8 heavy (non-hydrogen) atoms. The highest BCUT2D eigenvalue weighted by Crippen LogP contribution is 1.98. The van der Waals surface area contributed by atoms with Crippen molar-refractivity contribution in [1.29, 1.82) is 0 Å². The van der Waals surface area contributed by atoms with Gasteiger partial charge in [0.1, 0.15) is 0 Å². The van der Waals surface area contributed by atoms with E-state index in [-0.39, 0.29) is 5.91 Å². The molecule has 2 nitrogen and oxygen atoms in total. The second kappa shape index (κ2) is 1.82. The summed E-state index contributed by atoms with van der Waals surface area (Å²) >= 11 is 0. The molecule has 0 aliphatic carbocycles. The Morgan fingerprint density at radius 2 is 2.62 bits per heavy atom. The number of carbonyl (C=O) groups is 1. The molecule has 0 aromatic heterocycles. The van der Waals surface area contributed by atoms with Gasteiger partial charge >= 0.3 is 0 Å². The smallest absolute Gasteiger partial charge is 0.244 e. The minimum atomic E-state index is -0.0140. The summed E-state index contributed by atoms with van der Waals surface area (Å²) in [6, 6.07) is 0. The lowest BCUT2D eigenvalue weighted by Gasteiger charge is -1.86. The third-order valence-electron chi connectivity index (χ3n) is 1.05. The maximum absolute atomic E-state index is 10.4. The molecule has 0 atom stereocenters. The third kappa shape index (κ3) is 0.780. The van der Waals surface area contributed by atoms with Crippen molar-refractivity contribution in [3.05, 3.63) is 24.3 Å². The van der Waals surface area contributed by atoms with Crippen LogP contribution >= 0.6 is 0 Å². The first kappa shape index (κ1) is 5.09.